The molecule has 2 heterocycles. The largest absolute Gasteiger partial charge is 0.334 e. The van der Waals surface area contributed by atoms with Crippen molar-refractivity contribution in [1.82, 2.24) is 24.9 Å². The zero-order valence-corrected chi connectivity index (χ0v) is 19.7. The molecule has 0 saturated heterocycles. The van der Waals surface area contributed by atoms with Gasteiger partial charge in [0.15, 0.2) is 0 Å². The summed E-state index contributed by atoms with van der Waals surface area (Å²) in [6, 6.07) is 15.7. The summed E-state index contributed by atoms with van der Waals surface area (Å²) in [7, 11) is 1.85. The van der Waals surface area contributed by atoms with E-state index >= 15 is 0 Å². The van der Waals surface area contributed by atoms with Gasteiger partial charge < -0.3 is 5.32 Å². The molecule has 178 valence electrons. The molecule has 0 aliphatic heterocycles. The first-order chi connectivity index (χ1) is 16.9. The van der Waals surface area contributed by atoms with E-state index in [2.05, 4.69) is 22.3 Å². The molecule has 2 amide bonds. The van der Waals surface area contributed by atoms with Crippen molar-refractivity contribution in [3.63, 3.8) is 0 Å². The highest BCUT2D eigenvalue weighted by Gasteiger charge is 2.32. The Morgan fingerprint density at radius 2 is 1.86 bits per heavy atom. The van der Waals surface area contributed by atoms with Gasteiger partial charge in [-0.2, -0.15) is 10.2 Å². The first-order valence-corrected chi connectivity index (χ1v) is 11.5. The number of nitrogens with one attached hydrogen (secondary N) is 2. The summed E-state index contributed by atoms with van der Waals surface area (Å²) < 4.78 is 16.9. The SMILES string of the molecule is C=C1C[C@@H](NC(=O)Nc2c(C)c(-c3cnn(C)c3)nn2-c2ccccc2)[C@H](c2ccc(F)cc2)C1. The lowest BCUT2D eigenvalue weighted by molar-refractivity contribution is 0.247. The second kappa shape index (κ2) is 9.21. The van der Waals surface area contributed by atoms with Crippen LogP contribution < -0.4 is 10.6 Å². The van der Waals surface area contributed by atoms with E-state index in [1.165, 1.54) is 12.1 Å². The van der Waals surface area contributed by atoms with Crippen LogP contribution in [0.1, 0.15) is 29.9 Å². The van der Waals surface area contributed by atoms with E-state index < -0.39 is 0 Å². The van der Waals surface area contributed by atoms with Gasteiger partial charge in [-0.05, 0) is 49.6 Å². The van der Waals surface area contributed by atoms with E-state index in [4.69, 9.17) is 5.10 Å². The molecule has 2 atom stereocenters. The standard InChI is InChI=1S/C27H27FN6O/c1-17-13-23(19-9-11-21(28)12-10-19)24(14-17)30-27(35)31-26-18(2)25(20-15-29-33(3)16-20)32-34(26)22-7-5-4-6-8-22/h4-12,15-16,23-24H,1,13-14H2,2-3H3,(H2,30,31,35)/t23-,24+/m0/s1. The zero-order chi connectivity index (χ0) is 24.5. The van der Waals surface area contributed by atoms with Crippen molar-refractivity contribution in [1.29, 1.82) is 0 Å². The molecule has 5 rings (SSSR count). The highest BCUT2D eigenvalue weighted by atomic mass is 19.1. The minimum absolute atomic E-state index is 0.0416. The predicted molar refractivity (Wildman–Crippen MR) is 134 cm³/mol. The number of carbonyl (C=O) groups is 1. The molecule has 0 bridgehead atoms. The van der Waals surface area contributed by atoms with Gasteiger partial charge in [0.1, 0.15) is 17.3 Å². The van der Waals surface area contributed by atoms with Crippen LogP contribution in [-0.4, -0.2) is 31.6 Å². The average Bonchev–Trinajstić information content (AvgIpc) is 3.52. The first kappa shape index (κ1) is 22.6. The van der Waals surface area contributed by atoms with E-state index in [0.29, 0.717) is 12.2 Å². The number of hydrogen-bond donors (Lipinski definition) is 2. The molecular weight excluding hydrogens is 443 g/mol. The lowest BCUT2D eigenvalue weighted by Crippen LogP contribution is -2.39. The molecule has 7 nitrogen and oxygen atoms in total. The molecule has 0 spiro atoms. The van der Waals surface area contributed by atoms with Crippen LogP contribution >= 0.6 is 0 Å². The van der Waals surface area contributed by atoms with Gasteiger partial charge in [0.05, 0.1) is 11.9 Å². The molecule has 2 N–H and O–H groups in total. The number of hydrogen-bond acceptors (Lipinski definition) is 3. The average molecular weight is 471 g/mol. The zero-order valence-electron chi connectivity index (χ0n) is 19.7. The molecule has 1 saturated carbocycles. The van der Waals surface area contributed by atoms with Crippen LogP contribution in [0.25, 0.3) is 16.9 Å². The molecule has 1 fully saturated rings. The Balaban J connectivity index is 1.43. The Kier molecular flexibility index (Phi) is 5.94. The van der Waals surface area contributed by atoms with Gasteiger partial charge in [-0.3, -0.25) is 10.00 Å². The second-order valence-electron chi connectivity index (χ2n) is 8.99. The fourth-order valence-corrected chi connectivity index (χ4v) is 4.73. The summed E-state index contributed by atoms with van der Waals surface area (Å²) >= 11 is 0. The number of anilines is 1. The van der Waals surface area contributed by atoms with Gasteiger partial charge >= 0.3 is 6.03 Å². The van der Waals surface area contributed by atoms with Gasteiger partial charge in [0.25, 0.3) is 0 Å². The molecule has 35 heavy (non-hydrogen) atoms. The number of amides is 2. The van der Waals surface area contributed by atoms with Crippen molar-refractivity contribution in [3.05, 3.63) is 96.1 Å². The molecule has 1 aliphatic carbocycles. The van der Waals surface area contributed by atoms with E-state index in [1.807, 2.05) is 50.5 Å². The lowest BCUT2D eigenvalue weighted by Gasteiger charge is -2.21. The van der Waals surface area contributed by atoms with Crippen molar-refractivity contribution in [2.75, 3.05) is 5.32 Å². The Labute approximate surface area is 203 Å². The maximum atomic E-state index is 13.4. The fourth-order valence-electron chi connectivity index (χ4n) is 4.73. The number of rotatable bonds is 5. The normalized spacial score (nSPS) is 17.5. The smallest absolute Gasteiger partial charge is 0.320 e. The number of para-hydroxylation sites is 1. The fraction of sp³-hybridized carbons (Fsp3) is 0.222. The molecule has 1 aliphatic rings. The minimum atomic E-state index is -0.324. The third-order valence-electron chi connectivity index (χ3n) is 6.45. The molecule has 0 radical (unpaired) electrons. The summed E-state index contributed by atoms with van der Waals surface area (Å²) in [4.78, 5) is 13.2. The van der Waals surface area contributed by atoms with Gasteiger partial charge in [0, 0.05) is 36.3 Å². The van der Waals surface area contributed by atoms with E-state index in [1.54, 1.807) is 27.7 Å². The third-order valence-corrected chi connectivity index (χ3v) is 6.45. The summed E-state index contributed by atoms with van der Waals surface area (Å²) in [5.74, 6) is 0.351. The van der Waals surface area contributed by atoms with Gasteiger partial charge in [0.2, 0.25) is 0 Å². The van der Waals surface area contributed by atoms with Gasteiger partial charge in [-0.25, -0.2) is 13.9 Å². The Morgan fingerprint density at radius 1 is 1.11 bits per heavy atom. The highest BCUT2D eigenvalue weighted by Crippen LogP contribution is 2.38. The monoisotopic (exact) mass is 470 g/mol. The summed E-state index contributed by atoms with van der Waals surface area (Å²) in [6.07, 6.45) is 5.08. The van der Waals surface area contributed by atoms with Gasteiger partial charge in [-0.15, -0.1) is 0 Å². The Hall–Kier alpha value is -4.20. The first-order valence-electron chi connectivity index (χ1n) is 11.5. The van der Waals surface area contributed by atoms with Crippen LogP contribution in [0.2, 0.25) is 0 Å². The van der Waals surface area contributed by atoms with Crippen LogP contribution in [0, 0.1) is 12.7 Å². The quantitative estimate of drug-likeness (QED) is 0.386. The van der Waals surface area contributed by atoms with Crippen molar-refractivity contribution in [2.24, 2.45) is 7.05 Å². The maximum absolute atomic E-state index is 13.4. The van der Waals surface area contributed by atoms with Crippen LogP contribution in [0.3, 0.4) is 0 Å². The number of urea groups is 1. The minimum Gasteiger partial charge on any atom is -0.334 e. The van der Waals surface area contributed by atoms with Crippen LogP contribution in [0.4, 0.5) is 15.0 Å². The van der Waals surface area contributed by atoms with Crippen molar-refractivity contribution in [2.45, 2.75) is 31.7 Å². The summed E-state index contributed by atoms with van der Waals surface area (Å²) in [5.41, 5.74) is 5.33. The van der Waals surface area contributed by atoms with E-state index in [9.17, 15) is 9.18 Å². The van der Waals surface area contributed by atoms with E-state index in [0.717, 1.165) is 40.1 Å². The van der Waals surface area contributed by atoms with Crippen molar-refractivity contribution in [3.8, 4) is 16.9 Å². The lowest BCUT2D eigenvalue weighted by atomic mass is 9.94. The van der Waals surface area contributed by atoms with Crippen LogP contribution in [0.5, 0.6) is 0 Å². The van der Waals surface area contributed by atoms with Crippen molar-refractivity contribution >= 4 is 11.8 Å². The number of benzene rings is 2. The summed E-state index contributed by atoms with van der Waals surface area (Å²) in [5, 5.41) is 15.2. The molecule has 8 heteroatoms. The number of aromatic nitrogens is 4. The highest BCUT2D eigenvalue weighted by molar-refractivity contribution is 5.91. The number of aryl methyl sites for hydroxylation is 1. The molecular formula is C27H27FN6O. The maximum Gasteiger partial charge on any atom is 0.320 e. The molecule has 4 aromatic rings. The second-order valence-corrected chi connectivity index (χ2v) is 8.99. The van der Waals surface area contributed by atoms with Crippen LogP contribution in [-0.2, 0) is 7.05 Å². The number of carbonyl (C=O) groups excluding carboxylic acids is 1. The molecule has 2 aromatic carbocycles. The Bertz CT molecular complexity index is 1370. The van der Waals surface area contributed by atoms with Crippen molar-refractivity contribution < 1.29 is 9.18 Å². The topological polar surface area (TPSA) is 76.8 Å². The van der Waals surface area contributed by atoms with E-state index in [-0.39, 0.29) is 23.8 Å². The van der Waals surface area contributed by atoms with Gasteiger partial charge in [-0.1, -0.05) is 42.5 Å². The molecule has 0 unspecified atom stereocenters. The number of nitrogens with zero attached hydrogens (tertiary/aromatic N) is 4. The summed E-state index contributed by atoms with van der Waals surface area (Å²) in [6.45, 7) is 6.06. The molecule has 2 aromatic heterocycles. The number of halogens is 1. The van der Waals surface area contributed by atoms with Crippen LogP contribution in [0.15, 0.2) is 79.1 Å². The third kappa shape index (κ3) is 4.59. The predicted octanol–water partition coefficient (Wildman–Crippen LogP) is 5.34. The Morgan fingerprint density at radius 3 is 2.54 bits per heavy atom.